The molecule has 0 bridgehead atoms. The molecule has 1 aliphatic carbocycles. The number of nitrogens with one attached hydrogen (secondary N) is 1. The molecule has 6 nitrogen and oxygen atoms in total. The van der Waals surface area contributed by atoms with Crippen molar-refractivity contribution >= 4 is 5.91 Å². The zero-order chi connectivity index (χ0) is 15.4. The summed E-state index contributed by atoms with van der Waals surface area (Å²) in [5.74, 6) is 0.402. The van der Waals surface area contributed by atoms with E-state index in [0.717, 1.165) is 25.7 Å². The van der Waals surface area contributed by atoms with Crippen LogP contribution >= 0.6 is 0 Å². The zero-order valence-electron chi connectivity index (χ0n) is 12.3. The zero-order valence-corrected chi connectivity index (χ0v) is 12.3. The van der Waals surface area contributed by atoms with Crippen LogP contribution in [0, 0.1) is 0 Å². The molecule has 0 saturated heterocycles. The van der Waals surface area contributed by atoms with E-state index < -0.39 is 0 Å². The quantitative estimate of drug-likeness (QED) is 0.936. The van der Waals surface area contributed by atoms with Crippen molar-refractivity contribution in [1.82, 2.24) is 15.1 Å². The van der Waals surface area contributed by atoms with Crippen molar-refractivity contribution in [3.8, 4) is 11.5 Å². The molecule has 22 heavy (non-hydrogen) atoms. The lowest BCUT2D eigenvalue weighted by Gasteiger charge is -2.22. The van der Waals surface area contributed by atoms with Gasteiger partial charge in [-0.3, -0.25) is 9.59 Å². The minimum atomic E-state index is -0.297. The number of carbonyl (C=O) groups excluding carboxylic acids is 1. The third-order valence-electron chi connectivity index (χ3n) is 3.90. The van der Waals surface area contributed by atoms with Crippen molar-refractivity contribution in [3.63, 3.8) is 0 Å². The van der Waals surface area contributed by atoms with Crippen LogP contribution in [0.1, 0.15) is 32.1 Å². The Balaban J connectivity index is 1.70. The van der Waals surface area contributed by atoms with Crippen LogP contribution in [0.25, 0.3) is 11.5 Å². The second-order valence-corrected chi connectivity index (χ2v) is 5.59. The van der Waals surface area contributed by atoms with Crippen molar-refractivity contribution in [3.05, 3.63) is 40.9 Å². The van der Waals surface area contributed by atoms with Gasteiger partial charge in [0, 0.05) is 12.1 Å². The molecule has 1 aliphatic rings. The van der Waals surface area contributed by atoms with Crippen LogP contribution in [0.4, 0.5) is 0 Å². The maximum Gasteiger partial charge on any atom is 0.267 e. The summed E-state index contributed by atoms with van der Waals surface area (Å²) in [6.07, 6.45) is 7.11. The summed E-state index contributed by atoms with van der Waals surface area (Å²) in [6, 6.07) is 6.74. The molecular formula is C16H19N3O3. The summed E-state index contributed by atoms with van der Waals surface area (Å²) in [4.78, 5) is 24.0. The molecule has 3 rings (SSSR count). The molecule has 0 aliphatic heterocycles. The molecule has 2 aromatic heterocycles. The molecule has 0 spiro atoms. The van der Waals surface area contributed by atoms with Crippen molar-refractivity contribution < 1.29 is 9.21 Å². The normalized spacial score (nSPS) is 15.6. The molecule has 6 heteroatoms. The molecule has 0 atom stereocenters. The van der Waals surface area contributed by atoms with Crippen LogP contribution in [0.5, 0.6) is 0 Å². The fourth-order valence-corrected chi connectivity index (χ4v) is 2.77. The molecule has 1 amide bonds. The van der Waals surface area contributed by atoms with Crippen molar-refractivity contribution in [2.45, 2.75) is 44.7 Å². The molecule has 2 heterocycles. The van der Waals surface area contributed by atoms with E-state index in [1.54, 1.807) is 24.5 Å². The van der Waals surface area contributed by atoms with Gasteiger partial charge in [-0.25, -0.2) is 4.68 Å². The van der Waals surface area contributed by atoms with E-state index in [2.05, 4.69) is 10.4 Å². The molecule has 2 aromatic rings. The van der Waals surface area contributed by atoms with E-state index in [1.807, 2.05) is 0 Å². The van der Waals surface area contributed by atoms with Gasteiger partial charge >= 0.3 is 0 Å². The first-order chi connectivity index (χ1) is 10.7. The summed E-state index contributed by atoms with van der Waals surface area (Å²) in [5.41, 5.74) is 0.240. The molecule has 1 fully saturated rings. The number of carbonyl (C=O) groups is 1. The highest BCUT2D eigenvalue weighted by atomic mass is 16.3. The van der Waals surface area contributed by atoms with Crippen LogP contribution in [0.3, 0.4) is 0 Å². The minimum Gasteiger partial charge on any atom is -0.463 e. The second-order valence-electron chi connectivity index (χ2n) is 5.59. The third kappa shape index (κ3) is 3.44. The lowest BCUT2D eigenvalue weighted by atomic mass is 9.95. The first kappa shape index (κ1) is 14.6. The Morgan fingerprint density at radius 3 is 2.82 bits per heavy atom. The molecular weight excluding hydrogens is 282 g/mol. The van der Waals surface area contributed by atoms with E-state index in [9.17, 15) is 9.59 Å². The lowest BCUT2D eigenvalue weighted by Crippen LogP contribution is -2.40. The van der Waals surface area contributed by atoms with E-state index in [4.69, 9.17) is 4.42 Å². The Hall–Kier alpha value is -2.37. The van der Waals surface area contributed by atoms with Gasteiger partial charge in [-0.1, -0.05) is 19.3 Å². The number of amides is 1. The number of rotatable bonds is 4. The van der Waals surface area contributed by atoms with Gasteiger partial charge < -0.3 is 9.73 Å². The van der Waals surface area contributed by atoms with Gasteiger partial charge in [0.15, 0.2) is 5.76 Å². The van der Waals surface area contributed by atoms with Gasteiger partial charge in [-0.2, -0.15) is 5.10 Å². The summed E-state index contributed by atoms with van der Waals surface area (Å²) >= 11 is 0. The first-order valence-electron chi connectivity index (χ1n) is 7.64. The average Bonchev–Trinajstić information content (AvgIpc) is 3.05. The lowest BCUT2D eigenvalue weighted by molar-refractivity contribution is -0.122. The van der Waals surface area contributed by atoms with Crippen molar-refractivity contribution in [2.24, 2.45) is 0 Å². The van der Waals surface area contributed by atoms with Crippen LogP contribution in [-0.4, -0.2) is 21.7 Å². The Morgan fingerprint density at radius 2 is 2.09 bits per heavy atom. The highest BCUT2D eigenvalue weighted by Crippen LogP contribution is 2.17. The largest absolute Gasteiger partial charge is 0.463 e. The van der Waals surface area contributed by atoms with Crippen molar-refractivity contribution in [1.29, 1.82) is 0 Å². The third-order valence-corrected chi connectivity index (χ3v) is 3.90. The average molecular weight is 301 g/mol. The van der Waals surface area contributed by atoms with Gasteiger partial charge in [-0.05, 0) is 31.0 Å². The topological polar surface area (TPSA) is 77.1 Å². The minimum absolute atomic E-state index is 0.0656. The number of nitrogens with zero attached hydrogens (tertiary/aromatic N) is 2. The fourth-order valence-electron chi connectivity index (χ4n) is 2.77. The Bertz CT molecular complexity index is 685. The highest BCUT2D eigenvalue weighted by Gasteiger charge is 2.16. The predicted octanol–water partition coefficient (Wildman–Crippen LogP) is 1.95. The van der Waals surface area contributed by atoms with Gasteiger partial charge in [-0.15, -0.1) is 0 Å². The SMILES string of the molecule is O=C(Cn1nc(-c2ccco2)ccc1=O)NC1CCCCC1. The van der Waals surface area contributed by atoms with Crippen LogP contribution in [0.15, 0.2) is 39.7 Å². The maximum absolute atomic E-state index is 12.1. The molecule has 116 valence electrons. The Kier molecular flexibility index (Phi) is 4.37. The summed E-state index contributed by atoms with van der Waals surface area (Å²) in [5, 5.41) is 7.18. The van der Waals surface area contributed by atoms with Crippen molar-refractivity contribution in [2.75, 3.05) is 0 Å². The van der Waals surface area contributed by atoms with Crippen LogP contribution in [0.2, 0.25) is 0 Å². The summed E-state index contributed by atoms with van der Waals surface area (Å²) < 4.78 is 6.44. The van der Waals surface area contributed by atoms with Gasteiger partial charge in [0.05, 0.1) is 6.26 Å². The molecule has 0 aromatic carbocycles. The summed E-state index contributed by atoms with van der Waals surface area (Å²) in [7, 11) is 0. The number of furan rings is 1. The standard InChI is InChI=1S/C16H19N3O3/c20-15(17-12-5-2-1-3-6-12)11-19-16(21)9-8-13(18-19)14-7-4-10-22-14/h4,7-10,12H,1-3,5-6,11H2,(H,17,20). The number of hydrogen-bond donors (Lipinski definition) is 1. The second kappa shape index (κ2) is 6.60. The fraction of sp³-hybridized carbons (Fsp3) is 0.438. The predicted molar refractivity (Wildman–Crippen MR) is 81.2 cm³/mol. The van der Waals surface area contributed by atoms with Gasteiger partial charge in [0.25, 0.3) is 5.56 Å². The van der Waals surface area contributed by atoms with E-state index in [-0.39, 0.29) is 24.1 Å². The summed E-state index contributed by atoms with van der Waals surface area (Å²) in [6.45, 7) is -0.0656. The molecule has 1 N–H and O–H groups in total. The smallest absolute Gasteiger partial charge is 0.267 e. The van der Waals surface area contributed by atoms with Gasteiger partial charge in [0.2, 0.25) is 5.91 Å². The van der Waals surface area contributed by atoms with E-state index >= 15 is 0 Å². The van der Waals surface area contributed by atoms with E-state index in [0.29, 0.717) is 11.5 Å². The monoisotopic (exact) mass is 301 g/mol. The van der Waals surface area contributed by atoms with Gasteiger partial charge in [0.1, 0.15) is 12.2 Å². The Labute approximate surface area is 128 Å². The first-order valence-corrected chi connectivity index (χ1v) is 7.64. The number of aromatic nitrogens is 2. The highest BCUT2D eigenvalue weighted by molar-refractivity contribution is 5.76. The van der Waals surface area contributed by atoms with Crippen LogP contribution in [-0.2, 0) is 11.3 Å². The number of hydrogen-bond acceptors (Lipinski definition) is 4. The molecule has 1 saturated carbocycles. The van der Waals surface area contributed by atoms with Crippen LogP contribution < -0.4 is 10.9 Å². The molecule has 0 unspecified atom stereocenters. The maximum atomic E-state index is 12.1. The molecule has 0 radical (unpaired) electrons. The van der Waals surface area contributed by atoms with E-state index in [1.165, 1.54) is 17.2 Å². The Morgan fingerprint density at radius 1 is 1.27 bits per heavy atom.